The molecule has 0 amide bonds. The molecule has 12 heavy (non-hydrogen) atoms. The highest BCUT2D eigenvalue weighted by molar-refractivity contribution is 5.69. The molecule has 0 aliphatic heterocycles. The van der Waals surface area contributed by atoms with Crippen molar-refractivity contribution in [1.82, 2.24) is 0 Å². The van der Waals surface area contributed by atoms with Crippen LogP contribution in [0, 0.1) is 0 Å². The Morgan fingerprint density at radius 2 is 2.08 bits per heavy atom. The van der Waals surface area contributed by atoms with Crippen LogP contribution in [0.1, 0.15) is 6.92 Å². The van der Waals surface area contributed by atoms with Crippen molar-refractivity contribution >= 4 is 5.97 Å². The summed E-state index contributed by atoms with van der Waals surface area (Å²) in [6.45, 7) is 2.81. The summed E-state index contributed by atoms with van der Waals surface area (Å²) in [7, 11) is 1.53. The summed E-state index contributed by atoms with van der Waals surface area (Å²) in [5.41, 5.74) is 0. The third kappa shape index (κ3) is 7.46. The smallest absolute Gasteiger partial charge is 0.367 e. The molecule has 0 saturated heterocycles. The Balaban J connectivity index is 3.08. The van der Waals surface area contributed by atoms with Gasteiger partial charge in [-0.1, -0.05) is 0 Å². The van der Waals surface area contributed by atoms with Crippen molar-refractivity contribution in [1.29, 1.82) is 0 Å². The molecule has 0 aromatic heterocycles. The van der Waals surface area contributed by atoms with Gasteiger partial charge in [0.05, 0.1) is 6.61 Å². The number of carbonyl (C=O) groups excluding carboxylic acids is 1. The Labute approximate surface area is 71.5 Å². The van der Waals surface area contributed by atoms with Crippen LogP contribution in [-0.2, 0) is 24.0 Å². The number of methoxy groups -OCH3 is 1. The third-order valence-corrected chi connectivity index (χ3v) is 0.947. The molecule has 0 spiro atoms. The number of ether oxygens (including phenoxy) is 2. The maximum absolute atomic E-state index is 10.7. The topological polar surface area (TPSA) is 54.0 Å². The molecule has 0 aliphatic rings. The fraction of sp³-hybridized carbons (Fsp3) is 0.857. The SMILES string of the molecule is CCOCC(=O)OOCCOC. The van der Waals surface area contributed by atoms with Crippen molar-refractivity contribution in [2.45, 2.75) is 6.92 Å². The molecule has 0 aromatic carbocycles. The Hall–Kier alpha value is -0.650. The van der Waals surface area contributed by atoms with E-state index in [1.165, 1.54) is 7.11 Å². The van der Waals surface area contributed by atoms with Gasteiger partial charge in [-0.3, -0.25) is 4.89 Å². The predicted octanol–water partition coefficient (Wildman–Crippen LogP) is 0.144. The summed E-state index contributed by atoms with van der Waals surface area (Å²) in [6.07, 6.45) is 0. The maximum atomic E-state index is 10.7. The van der Waals surface area contributed by atoms with E-state index >= 15 is 0 Å². The molecule has 5 nitrogen and oxygen atoms in total. The lowest BCUT2D eigenvalue weighted by atomic mass is 10.7. The highest BCUT2D eigenvalue weighted by atomic mass is 17.2. The lowest BCUT2D eigenvalue weighted by Gasteiger charge is -2.02. The van der Waals surface area contributed by atoms with Gasteiger partial charge in [-0.2, -0.15) is 4.89 Å². The van der Waals surface area contributed by atoms with Gasteiger partial charge in [0.2, 0.25) is 0 Å². The van der Waals surface area contributed by atoms with Gasteiger partial charge in [0.1, 0.15) is 13.2 Å². The molecule has 0 rings (SSSR count). The first-order valence-corrected chi connectivity index (χ1v) is 3.70. The van der Waals surface area contributed by atoms with E-state index in [0.29, 0.717) is 13.2 Å². The maximum Gasteiger partial charge on any atom is 0.367 e. The Kier molecular flexibility index (Phi) is 7.99. The number of rotatable bonds is 7. The minimum absolute atomic E-state index is 0.0799. The number of carbonyl (C=O) groups is 1. The van der Waals surface area contributed by atoms with Gasteiger partial charge in [-0.15, -0.1) is 0 Å². The van der Waals surface area contributed by atoms with E-state index in [4.69, 9.17) is 4.74 Å². The lowest BCUT2D eigenvalue weighted by molar-refractivity contribution is -0.278. The first-order chi connectivity index (χ1) is 5.81. The molecule has 0 aromatic rings. The van der Waals surface area contributed by atoms with Gasteiger partial charge in [0, 0.05) is 13.7 Å². The average molecular weight is 178 g/mol. The summed E-state index contributed by atoms with van der Waals surface area (Å²) in [4.78, 5) is 19.4. The fourth-order valence-electron chi connectivity index (χ4n) is 0.434. The van der Waals surface area contributed by atoms with E-state index in [2.05, 4.69) is 14.5 Å². The quantitative estimate of drug-likeness (QED) is 0.315. The van der Waals surface area contributed by atoms with Crippen LogP contribution in [0.3, 0.4) is 0 Å². The van der Waals surface area contributed by atoms with Gasteiger partial charge in [-0.05, 0) is 6.92 Å². The van der Waals surface area contributed by atoms with E-state index in [0.717, 1.165) is 0 Å². The summed E-state index contributed by atoms with van der Waals surface area (Å²) >= 11 is 0. The van der Waals surface area contributed by atoms with E-state index in [9.17, 15) is 4.79 Å². The number of hydrogen-bond donors (Lipinski definition) is 0. The van der Waals surface area contributed by atoms with E-state index in [1.54, 1.807) is 6.92 Å². The average Bonchev–Trinajstić information content (AvgIpc) is 2.09. The third-order valence-electron chi connectivity index (χ3n) is 0.947. The second-order valence-corrected chi connectivity index (χ2v) is 1.91. The van der Waals surface area contributed by atoms with Crippen LogP contribution in [-0.4, -0.2) is 39.5 Å². The van der Waals surface area contributed by atoms with Crippen molar-refractivity contribution in [2.75, 3.05) is 33.5 Å². The molecule has 0 atom stereocenters. The first-order valence-electron chi connectivity index (χ1n) is 3.70. The van der Waals surface area contributed by atoms with Crippen molar-refractivity contribution in [3.8, 4) is 0 Å². The standard InChI is InChI=1S/C7H14O5/c1-3-10-6-7(8)12-11-5-4-9-2/h3-6H2,1-2H3. The van der Waals surface area contributed by atoms with Gasteiger partial charge in [-0.25, -0.2) is 4.79 Å². The zero-order valence-corrected chi connectivity index (χ0v) is 7.37. The monoisotopic (exact) mass is 178 g/mol. The van der Waals surface area contributed by atoms with Crippen molar-refractivity contribution < 1.29 is 24.0 Å². The molecule has 5 heteroatoms. The van der Waals surface area contributed by atoms with Crippen LogP contribution in [0.5, 0.6) is 0 Å². The molecule has 0 N–H and O–H groups in total. The normalized spacial score (nSPS) is 9.83. The van der Waals surface area contributed by atoms with Gasteiger partial charge >= 0.3 is 5.97 Å². The summed E-state index contributed by atoms with van der Waals surface area (Å²) in [5.74, 6) is -0.534. The van der Waals surface area contributed by atoms with Crippen LogP contribution in [0.15, 0.2) is 0 Å². The van der Waals surface area contributed by atoms with Crippen LogP contribution in [0.25, 0.3) is 0 Å². The second-order valence-electron chi connectivity index (χ2n) is 1.91. The van der Waals surface area contributed by atoms with Crippen molar-refractivity contribution in [3.63, 3.8) is 0 Å². The van der Waals surface area contributed by atoms with Crippen molar-refractivity contribution in [2.24, 2.45) is 0 Å². The Morgan fingerprint density at radius 1 is 1.33 bits per heavy atom. The molecule has 0 radical (unpaired) electrons. The Bertz CT molecular complexity index is 114. The van der Waals surface area contributed by atoms with Crippen LogP contribution < -0.4 is 0 Å². The molecular formula is C7H14O5. The first kappa shape index (κ1) is 11.4. The predicted molar refractivity (Wildman–Crippen MR) is 40.4 cm³/mol. The summed E-state index contributed by atoms with van der Waals surface area (Å²) in [6, 6.07) is 0. The van der Waals surface area contributed by atoms with Crippen LogP contribution >= 0.6 is 0 Å². The van der Waals surface area contributed by atoms with E-state index < -0.39 is 5.97 Å². The molecule has 0 fully saturated rings. The molecule has 0 saturated carbocycles. The largest absolute Gasteiger partial charge is 0.382 e. The Morgan fingerprint density at radius 3 is 2.67 bits per heavy atom. The lowest BCUT2D eigenvalue weighted by Crippen LogP contribution is -2.14. The highest BCUT2D eigenvalue weighted by Gasteiger charge is 2.02. The minimum Gasteiger partial charge on any atom is -0.382 e. The van der Waals surface area contributed by atoms with E-state index in [1.807, 2.05) is 0 Å². The molecule has 0 heterocycles. The van der Waals surface area contributed by atoms with E-state index in [-0.39, 0.29) is 13.2 Å². The molecule has 72 valence electrons. The van der Waals surface area contributed by atoms with Gasteiger partial charge < -0.3 is 9.47 Å². The van der Waals surface area contributed by atoms with Crippen molar-refractivity contribution in [3.05, 3.63) is 0 Å². The zero-order valence-electron chi connectivity index (χ0n) is 7.37. The van der Waals surface area contributed by atoms with Crippen LogP contribution in [0.4, 0.5) is 0 Å². The van der Waals surface area contributed by atoms with Crippen LogP contribution in [0.2, 0.25) is 0 Å². The molecular weight excluding hydrogens is 164 g/mol. The second kappa shape index (κ2) is 8.45. The van der Waals surface area contributed by atoms with Gasteiger partial charge in [0.25, 0.3) is 0 Å². The molecule has 0 bridgehead atoms. The summed E-state index contributed by atoms with van der Waals surface area (Å²) < 4.78 is 9.42. The zero-order chi connectivity index (χ0) is 9.23. The highest BCUT2D eigenvalue weighted by Crippen LogP contribution is 1.83. The molecule has 0 aliphatic carbocycles. The minimum atomic E-state index is -0.534. The number of hydrogen-bond acceptors (Lipinski definition) is 5. The fourth-order valence-corrected chi connectivity index (χ4v) is 0.434. The van der Waals surface area contributed by atoms with Gasteiger partial charge in [0.15, 0.2) is 0 Å². The molecule has 0 unspecified atom stereocenters. The summed E-state index contributed by atoms with van der Waals surface area (Å²) in [5, 5.41) is 0.